The van der Waals surface area contributed by atoms with Gasteiger partial charge in [0.05, 0.1) is 7.11 Å². The number of rotatable bonds is 2. The summed E-state index contributed by atoms with van der Waals surface area (Å²) in [6.45, 7) is 2.04. The Hall–Kier alpha value is -1.67. The molecule has 0 unspecified atom stereocenters. The molecule has 0 saturated heterocycles. The molecule has 2 aromatic carbocycles. The van der Waals surface area contributed by atoms with Crippen molar-refractivity contribution in [2.45, 2.75) is 6.92 Å². The molecule has 2 rings (SSSR count). The van der Waals surface area contributed by atoms with Crippen molar-refractivity contribution >= 4 is 17.3 Å². The van der Waals surface area contributed by atoms with Crippen LogP contribution in [0.4, 0.5) is 5.69 Å². The molecule has 0 atom stereocenters. The molecule has 0 aromatic heterocycles. The molecule has 2 nitrogen and oxygen atoms in total. The topological polar surface area (TPSA) is 35.2 Å². The Kier molecular flexibility index (Phi) is 3.25. The van der Waals surface area contributed by atoms with Gasteiger partial charge in [0, 0.05) is 21.8 Å². The third-order valence-corrected chi connectivity index (χ3v) is 2.89. The van der Waals surface area contributed by atoms with Crippen LogP contribution in [0, 0.1) is 6.92 Å². The van der Waals surface area contributed by atoms with E-state index in [1.165, 1.54) is 0 Å². The van der Waals surface area contributed by atoms with E-state index in [0.29, 0.717) is 10.7 Å². The Morgan fingerprint density at radius 3 is 2.47 bits per heavy atom. The Labute approximate surface area is 106 Å². The van der Waals surface area contributed by atoms with Gasteiger partial charge in [-0.05, 0) is 31.2 Å². The molecule has 2 aromatic rings. The number of methoxy groups -OCH3 is 1. The minimum atomic E-state index is 0.637. The third-order valence-electron chi connectivity index (χ3n) is 2.66. The second kappa shape index (κ2) is 4.68. The first kappa shape index (κ1) is 11.8. The predicted molar refractivity (Wildman–Crippen MR) is 72.6 cm³/mol. The number of anilines is 1. The van der Waals surface area contributed by atoms with Crippen LogP contribution in [-0.4, -0.2) is 7.11 Å². The molecule has 0 bridgehead atoms. The number of ether oxygens (including phenoxy) is 1. The van der Waals surface area contributed by atoms with Crippen molar-refractivity contribution in [3.05, 3.63) is 47.0 Å². The van der Waals surface area contributed by atoms with Gasteiger partial charge in [-0.25, -0.2) is 0 Å². The summed E-state index contributed by atoms with van der Waals surface area (Å²) in [5.41, 5.74) is 9.73. The zero-order chi connectivity index (χ0) is 12.4. The van der Waals surface area contributed by atoms with Crippen molar-refractivity contribution in [3.63, 3.8) is 0 Å². The molecule has 17 heavy (non-hydrogen) atoms. The first-order valence-corrected chi connectivity index (χ1v) is 5.69. The SMILES string of the molecule is COc1ccc(C)cc1-c1ccc(Cl)cc1N. The van der Waals surface area contributed by atoms with E-state index in [1.54, 1.807) is 13.2 Å². The number of halogens is 1. The lowest BCUT2D eigenvalue weighted by molar-refractivity contribution is 0.416. The lowest BCUT2D eigenvalue weighted by Gasteiger charge is -2.12. The highest BCUT2D eigenvalue weighted by molar-refractivity contribution is 6.31. The Bertz CT molecular complexity index is 552. The van der Waals surface area contributed by atoms with Gasteiger partial charge in [0.25, 0.3) is 0 Å². The van der Waals surface area contributed by atoms with Crippen molar-refractivity contribution in [2.24, 2.45) is 0 Å². The van der Waals surface area contributed by atoms with Crippen LogP contribution in [0.15, 0.2) is 36.4 Å². The summed E-state index contributed by atoms with van der Waals surface area (Å²) in [7, 11) is 1.65. The summed E-state index contributed by atoms with van der Waals surface area (Å²) in [6.07, 6.45) is 0. The standard InChI is InChI=1S/C14H14ClNO/c1-9-3-6-14(17-2)12(7-9)11-5-4-10(15)8-13(11)16/h3-8H,16H2,1-2H3. The number of aryl methyl sites for hydroxylation is 1. The molecule has 2 N–H and O–H groups in total. The fourth-order valence-electron chi connectivity index (χ4n) is 1.81. The fraction of sp³-hybridized carbons (Fsp3) is 0.143. The van der Waals surface area contributed by atoms with Gasteiger partial charge in [0.1, 0.15) is 5.75 Å². The summed E-state index contributed by atoms with van der Waals surface area (Å²) in [5.74, 6) is 0.810. The van der Waals surface area contributed by atoms with E-state index in [1.807, 2.05) is 31.2 Å². The van der Waals surface area contributed by atoms with Gasteiger partial charge < -0.3 is 10.5 Å². The predicted octanol–water partition coefficient (Wildman–Crippen LogP) is 3.91. The second-order valence-corrected chi connectivity index (χ2v) is 4.37. The molecule has 88 valence electrons. The Balaban J connectivity index is 2.62. The maximum atomic E-state index is 5.99. The van der Waals surface area contributed by atoms with E-state index in [0.717, 1.165) is 22.4 Å². The van der Waals surface area contributed by atoms with E-state index in [2.05, 4.69) is 6.07 Å². The molecule has 0 aliphatic heterocycles. The monoisotopic (exact) mass is 247 g/mol. The van der Waals surface area contributed by atoms with Gasteiger partial charge in [-0.2, -0.15) is 0 Å². The van der Waals surface area contributed by atoms with E-state index in [4.69, 9.17) is 22.1 Å². The summed E-state index contributed by atoms with van der Waals surface area (Å²) in [4.78, 5) is 0. The van der Waals surface area contributed by atoms with Gasteiger partial charge >= 0.3 is 0 Å². The number of hydrogen-bond donors (Lipinski definition) is 1. The molecule has 0 spiro atoms. The highest BCUT2D eigenvalue weighted by Gasteiger charge is 2.09. The van der Waals surface area contributed by atoms with Crippen LogP contribution in [0.3, 0.4) is 0 Å². The van der Waals surface area contributed by atoms with E-state index < -0.39 is 0 Å². The van der Waals surface area contributed by atoms with Crippen LogP contribution in [0.25, 0.3) is 11.1 Å². The highest BCUT2D eigenvalue weighted by atomic mass is 35.5. The molecule has 0 heterocycles. The summed E-state index contributed by atoms with van der Waals surface area (Å²) in [6, 6.07) is 11.5. The largest absolute Gasteiger partial charge is 0.496 e. The lowest BCUT2D eigenvalue weighted by Crippen LogP contribution is -1.93. The number of hydrogen-bond acceptors (Lipinski definition) is 2. The molecule has 0 radical (unpaired) electrons. The van der Waals surface area contributed by atoms with Crippen LogP contribution in [-0.2, 0) is 0 Å². The van der Waals surface area contributed by atoms with Crippen LogP contribution in [0.2, 0.25) is 5.02 Å². The maximum Gasteiger partial charge on any atom is 0.126 e. The van der Waals surface area contributed by atoms with Crippen LogP contribution in [0.5, 0.6) is 5.75 Å². The lowest BCUT2D eigenvalue weighted by atomic mass is 10.0. The zero-order valence-electron chi connectivity index (χ0n) is 9.83. The normalized spacial score (nSPS) is 10.3. The van der Waals surface area contributed by atoms with Gasteiger partial charge in [0.2, 0.25) is 0 Å². The molecule has 0 saturated carbocycles. The maximum absolute atomic E-state index is 5.99. The Morgan fingerprint density at radius 1 is 1.06 bits per heavy atom. The average molecular weight is 248 g/mol. The van der Waals surface area contributed by atoms with Crippen molar-refractivity contribution in [2.75, 3.05) is 12.8 Å². The van der Waals surface area contributed by atoms with Crippen molar-refractivity contribution < 1.29 is 4.74 Å². The summed E-state index contributed by atoms with van der Waals surface area (Å²) >= 11 is 5.90. The van der Waals surface area contributed by atoms with Crippen LogP contribution >= 0.6 is 11.6 Å². The Morgan fingerprint density at radius 2 is 1.82 bits per heavy atom. The smallest absolute Gasteiger partial charge is 0.126 e. The van der Waals surface area contributed by atoms with E-state index >= 15 is 0 Å². The zero-order valence-corrected chi connectivity index (χ0v) is 10.6. The fourth-order valence-corrected chi connectivity index (χ4v) is 1.99. The van der Waals surface area contributed by atoms with Crippen LogP contribution < -0.4 is 10.5 Å². The van der Waals surface area contributed by atoms with Gasteiger partial charge in [-0.3, -0.25) is 0 Å². The molecular formula is C14H14ClNO. The minimum Gasteiger partial charge on any atom is -0.496 e. The third kappa shape index (κ3) is 2.37. The minimum absolute atomic E-state index is 0.637. The van der Waals surface area contributed by atoms with Gasteiger partial charge in [-0.1, -0.05) is 29.3 Å². The van der Waals surface area contributed by atoms with E-state index in [9.17, 15) is 0 Å². The first-order chi connectivity index (χ1) is 8.11. The molecule has 0 aliphatic rings. The number of benzene rings is 2. The highest BCUT2D eigenvalue weighted by Crippen LogP contribution is 2.35. The number of nitrogen functional groups attached to an aromatic ring is 1. The molecular weight excluding hydrogens is 234 g/mol. The van der Waals surface area contributed by atoms with E-state index in [-0.39, 0.29) is 0 Å². The summed E-state index contributed by atoms with van der Waals surface area (Å²) in [5, 5.41) is 0.637. The van der Waals surface area contributed by atoms with Gasteiger partial charge in [-0.15, -0.1) is 0 Å². The van der Waals surface area contributed by atoms with Crippen molar-refractivity contribution in [3.8, 4) is 16.9 Å². The summed E-state index contributed by atoms with van der Waals surface area (Å²) < 4.78 is 5.35. The second-order valence-electron chi connectivity index (χ2n) is 3.94. The average Bonchev–Trinajstić information content (AvgIpc) is 2.29. The van der Waals surface area contributed by atoms with Crippen molar-refractivity contribution in [1.29, 1.82) is 0 Å². The molecule has 0 aliphatic carbocycles. The van der Waals surface area contributed by atoms with Crippen molar-refractivity contribution in [1.82, 2.24) is 0 Å². The quantitative estimate of drug-likeness (QED) is 0.817. The molecule has 3 heteroatoms. The number of nitrogens with two attached hydrogens (primary N) is 1. The van der Waals surface area contributed by atoms with Crippen LogP contribution in [0.1, 0.15) is 5.56 Å². The molecule has 0 fully saturated rings. The molecule has 0 amide bonds. The van der Waals surface area contributed by atoms with Gasteiger partial charge in [0.15, 0.2) is 0 Å². The first-order valence-electron chi connectivity index (χ1n) is 5.32.